The lowest BCUT2D eigenvalue weighted by Crippen LogP contribution is -2.06. The largest absolute Gasteiger partial charge is 0.481 e. The monoisotopic (exact) mass is 321 g/mol. The van der Waals surface area contributed by atoms with Gasteiger partial charge in [0, 0.05) is 29.0 Å². The van der Waals surface area contributed by atoms with Gasteiger partial charge in [-0.15, -0.1) is 0 Å². The van der Waals surface area contributed by atoms with Crippen LogP contribution in [0.2, 0.25) is 0 Å². The fraction of sp³-hybridized carbons (Fsp3) is 0.400. The van der Waals surface area contributed by atoms with Gasteiger partial charge in [0.25, 0.3) is 0 Å². The number of hydrogen-bond donors (Lipinski definition) is 1. The molecule has 0 bridgehead atoms. The smallest absolute Gasteiger partial charge is 0.303 e. The number of aliphatic carboxylic acids is 1. The summed E-state index contributed by atoms with van der Waals surface area (Å²) < 4.78 is 3.45. The first kappa shape index (κ1) is 12.7. The fourth-order valence-corrected chi connectivity index (χ4v) is 3.50. The zero-order valence-corrected chi connectivity index (χ0v) is 12.2. The maximum absolute atomic E-state index is 10.6. The van der Waals surface area contributed by atoms with Crippen LogP contribution in [0, 0.1) is 0 Å². The molecule has 1 aromatic heterocycles. The number of carbonyl (C=O) groups is 1. The number of nitrogens with zero attached hydrogens (tertiary/aromatic N) is 1. The highest BCUT2D eigenvalue weighted by molar-refractivity contribution is 9.10. The van der Waals surface area contributed by atoms with Crippen LogP contribution in [-0.2, 0) is 24.2 Å². The molecule has 1 aromatic carbocycles. The van der Waals surface area contributed by atoms with Crippen LogP contribution in [0.5, 0.6) is 0 Å². The number of rotatable bonds is 4. The van der Waals surface area contributed by atoms with E-state index in [1.807, 2.05) is 0 Å². The fourth-order valence-electron chi connectivity index (χ4n) is 3.00. The molecule has 100 valence electrons. The van der Waals surface area contributed by atoms with E-state index in [0.717, 1.165) is 23.9 Å². The van der Waals surface area contributed by atoms with Crippen LogP contribution in [0.1, 0.15) is 30.4 Å². The van der Waals surface area contributed by atoms with Crippen molar-refractivity contribution in [2.24, 2.45) is 0 Å². The molecule has 19 heavy (non-hydrogen) atoms. The Morgan fingerprint density at radius 3 is 3.05 bits per heavy atom. The van der Waals surface area contributed by atoms with E-state index in [0.29, 0.717) is 6.42 Å². The van der Waals surface area contributed by atoms with Crippen molar-refractivity contribution in [3.8, 4) is 0 Å². The second-order valence-corrected chi connectivity index (χ2v) is 6.08. The van der Waals surface area contributed by atoms with Crippen molar-refractivity contribution in [2.75, 3.05) is 0 Å². The predicted octanol–water partition coefficient (Wildman–Crippen LogP) is 3.76. The highest BCUT2D eigenvalue weighted by Gasteiger charge is 2.16. The molecular formula is C15H16BrNO2. The topological polar surface area (TPSA) is 42.2 Å². The van der Waals surface area contributed by atoms with Gasteiger partial charge in [-0.05, 0) is 48.9 Å². The van der Waals surface area contributed by atoms with E-state index in [4.69, 9.17) is 5.11 Å². The quantitative estimate of drug-likeness (QED) is 0.931. The van der Waals surface area contributed by atoms with Crippen LogP contribution in [0.25, 0.3) is 10.9 Å². The third kappa shape index (κ3) is 2.41. The Balaban J connectivity index is 1.99. The van der Waals surface area contributed by atoms with E-state index in [1.54, 1.807) is 0 Å². The van der Waals surface area contributed by atoms with Gasteiger partial charge < -0.3 is 9.67 Å². The van der Waals surface area contributed by atoms with Crippen molar-refractivity contribution < 1.29 is 9.90 Å². The number of carboxylic acids is 1. The highest BCUT2D eigenvalue weighted by Crippen LogP contribution is 2.33. The standard InChI is InChI=1S/C15H16BrNO2/c16-12-7-10-4-2-6-17-9-11(3-1-5-14(18)19)13(8-12)15(10)17/h7-9H,1-6H2,(H,18,19). The van der Waals surface area contributed by atoms with Gasteiger partial charge in [0.1, 0.15) is 0 Å². The summed E-state index contributed by atoms with van der Waals surface area (Å²) >= 11 is 3.58. The molecule has 3 nitrogen and oxygen atoms in total. The van der Waals surface area contributed by atoms with Gasteiger partial charge in [0.2, 0.25) is 0 Å². The lowest BCUT2D eigenvalue weighted by Gasteiger charge is -2.15. The SMILES string of the molecule is O=C(O)CCCc1cn2c3c(cc(Br)cc13)CCC2. The van der Waals surface area contributed by atoms with E-state index in [2.05, 4.69) is 38.8 Å². The minimum Gasteiger partial charge on any atom is -0.481 e. The minimum atomic E-state index is -0.713. The van der Waals surface area contributed by atoms with Crippen molar-refractivity contribution in [3.63, 3.8) is 0 Å². The molecule has 1 N–H and O–H groups in total. The molecule has 0 amide bonds. The van der Waals surface area contributed by atoms with Crippen LogP contribution in [-0.4, -0.2) is 15.6 Å². The number of halogens is 1. The van der Waals surface area contributed by atoms with Crippen molar-refractivity contribution in [2.45, 2.75) is 38.6 Å². The predicted molar refractivity (Wildman–Crippen MR) is 78.5 cm³/mol. The highest BCUT2D eigenvalue weighted by atomic mass is 79.9. The Kier molecular flexibility index (Phi) is 3.35. The summed E-state index contributed by atoms with van der Waals surface area (Å²) in [5, 5.41) is 10.0. The molecule has 0 aliphatic carbocycles. The molecule has 1 aliphatic heterocycles. The van der Waals surface area contributed by atoms with Crippen LogP contribution in [0.4, 0.5) is 0 Å². The zero-order valence-electron chi connectivity index (χ0n) is 10.7. The number of carboxylic acid groups (broad SMARTS) is 1. The van der Waals surface area contributed by atoms with Crippen molar-refractivity contribution in [1.29, 1.82) is 0 Å². The first-order valence-corrected chi connectivity index (χ1v) is 7.46. The molecule has 0 saturated heterocycles. The first-order chi connectivity index (χ1) is 9.15. The number of hydrogen-bond acceptors (Lipinski definition) is 1. The minimum absolute atomic E-state index is 0.244. The van der Waals surface area contributed by atoms with Gasteiger partial charge in [0.05, 0.1) is 5.52 Å². The van der Waals surface area contributed by atoms with Crippen LogP contribution in [0.3, 0.4) is 0 Å². The van der Waals surface area contributed by atoms with Crippen LogP contribution < -0.4 is 0 Å². The second kappa shape index (κ2) is 5.00. The maximum Gasteiger partial charge on any atom is 0.303 e. The lowest BCUT2D eigenvalue weighted by molar-refractivity contribution is -0.137. The Hall–Kier alpha value is -1.29. The maximum atomic E-state index is 10.6. The summed E-state index contributed by atoms with van der Waals surface area (Å²) in [5.41, 5.74) is 4.03. The zero-order chi connectivity index (χ0) is 13.4. The van der Waals surface area contributed by atoms with E-state index in [9.17, 15) is 4.79 Å². The normalized spacial score (nSPS) is 13.9. The summed E-state index contributed by atoms with van der Waals surface area (Å²) in [6.07, 6.45) is 6.31. The molecular weight excluding hydrogens is 306 g/mol. The third-order valence-electron chi connectivity index (χ3n) is 3.78. The van der Waals surface area contributed by atoms with Crippen LogP contribution >= 0.6 is 15.9 Å². The first-order valence-electron chi connectivity index (χ1n) is 6.67. The van der Waals surface area contributed by atoms with E-state index in [1.165, 1.54) is 28.5 Å². The molecule has 4 heteroatoms. The molecule has 0 unspecified atom stereocenters. The Morgan fingerprint density at radius 2 is 2.26 bits per heavy atom. The summed E-state index contributed by atoms with van der Waals surface area (Å²) in [5.74, 6) is -0.713. The Labute approximate surface area is 120 Å². The second-order valence-electron chi connectivity index (χ2n) is 5.16. The third-order valence-corrected chi connectivity index (χ3v) is 4.24. The van der Waals surface area contributed by atoms with Crippen molar-refractivity contribution in [1.82, 2.24) is 4.57 Å². The molecule has 3 rings (SSSR count). The van der Waals surface area contributed by atoms with Gasteiger partial charge in [-0.1, -0.05) is 15.9 Å². The summed E-state index contributed by atoms with van der Waals surface area (Å²) in [6, 6.07) is 4.37. The summed E-state index contributed by atoms with van der Waals surface area (Å²) in [6.45, 7) is 1.07. The molecule has 0 atom stereocenters. The van der Waals surface area contributed by atoms with E-state index >= 15 is 0 Å². The van der Waals surface area contributed by atoms with Gasteiger partial charge in [0.15, 0.2) is 0 Å². The van der Waals surface area contributed by atoms with Gasteiger partial charge in [-0.2, -0.15) is 0 Å². The van der Waals surface area contributed by atoms with E-state index in [-0.39, 0.29) is 6.42 Å². The van der Waals surface area contributed by atoms with Crippen molar-refractivity contribution in [3.05, 3.63) is 33.9 Å². The van der Waals surface area contributed by atoms with Gasteiger partial charge >= 0.3 is 5.97 Å². The Bertz CT molecular complexity index is 645. The molecule has 0 fully saturated rings. The lowest BCUT2D eigenvalue weighted by atomic mass is 10.0. The molecule has 0 radical (unpaired) electrons. The molecule has 2 heterocycles. The molecule has 0 spiro atoms. The summed E-state index contributed by atoms with van der Waals surface area (Å²) in [4.78, 5) is 10.6. The average Bonchev–Trinajstić information content (AvgIpc) is 2.69. The number of aryl methyl sites for hydroxylation is 3. The molecule has 0 saturated carbocycles. The number of aromatic nitrogens is 1. The van der Waals surface area contributed by atoms with Gasteiger partial charge in [-0.25, -0.2) is 0 Å². The Morgan fingerprint density at radius 1 is 1.42 bits per heavy atom. The molecule has 1 aliphatic rings. The van der Waals surface area contributed by atoms with Crippen LogP contribution in [0.15, 0.2) is 22.8 Å². The summed E-state index contributed by atoms with van der Waals surface area (Å²) in [7, 11) is 0. The average molecular weight is 322 g/mol. The van der Waals surface area contributed by atoms with E-state index < -0.39 is 5.97 Å². The van der Waals surface area contributed by atoms with Gasteiger partial charge in [-0.3, -0.25) is 4.79 Å². The van der Waals surface area contributed by atoms with Crippen molar-refractivity contribution >= 4 is 32.8 Å². The molecule has 2 aromatic rings. The number of benzene rings is 1.